The van der Waals surface area contributed by atoms with Gasteiger partial charge < -0.3 is 20.1 Å². The van der Waals surface area contributed by atoms with Crippen LogP contribution in [0.2, 0.25) is 0 Å². The van der Waals surface area contributed by atoms with Gasteiger partial charge in [-0.1, -0.05) is 6.42 Å². The number of pyridine rings is 1. The lowest BCUT2D eigenvalue weighted by Crippen LogP contribution is -2.31. The number of hydrogen-bond donors (Lipinski definition) is 2. The summed E-state index contributed by atoms with van der Waals surface area (Å²) in [5.41, 5.74) is 1.05. The maximum atomic E-state index is 12.3. The normalized spacial score (nSPS) is 14.8. The minimum absolute atomic E-state index is 0.389. The van der Waals surface area contributed by atoms with Gasteiger partial charge in [-0.15, -0.1) is 0 Å². The zero-order chi connectivity index (χ0) is 19.1. The monoisotopic (exact) mass is 371 g/mol. The number of hydrogen-bond acceptors (Lipinski definition) is 5. The maximum absolute atomic E-state index is 12.3. The van der Waals surface area contributed by atoms with Gasteiger partial charge in [0.25, 0.3) is 5.91 Å². The third-order valence-corrected chi connectivity index (χ3v) is 4.69. The van der Waals surface area contributed by atoms with Crippen molar-refractivity contribution in [2.75, 3.05) is 32.8 Å². The lowest BCUT2D eigenvalue weighted by Gasteiger charge is -2.26. The van der Waals surface area contributed by atoms with Gasteiger partial charge in [-0.25, -0.2) is 0 Å². The Bertz CT molecular complexity index is 803. The number of fused-ring (bicyclic) bond motifs is 1. The summed E-state index contributed by atoms with van der Waals surface area (Å²) in [5.74, 6) is -0.840. The predicted molar refractivity (Wildman–Crippen MR) is 102 cm³/mol. The summed E-state index contributed by atoms with van der Waals surface area (Å²) in [4.78, 5) is 29.7. The molecule has 1 amide bonds. The Hall–Kier alpha value is -2.67. The molecule has 0 bridgehead atoms. The summed E-state index contributed by atoms with van der Waals surface area (Å²) in [7, 11) is 0. The van der Waals surface area contributed by atoms with E-state index in [-0.39, 0.29) is 0 Å². The number of carboxylic acid groups (broad SMARTS) is 1. The highest BCUT2D eigenvalue weighted by atomic mass is 16.5. The fraction of sp³-hybridized carbons (Fsp3) is 0.450. The molecule has 1 aromatic heterocycles. The van der Waals surface area contributed by atoms with Crippen LogP contribution in [0.25, 0.3) is 10.9 Å². The Balaban J connectivity index is 1.62. The highest BCUT2D eigenvalue weighted by molar-refractivity contribution is 6.06. The standard InChI is InChI=1S/C20H25N3O4/c24-19(25)14-22-20(26)16-7-8-21-18-6-5-15(13-17(16)18)27-12-4-11-23-9-2-1-3-10-23/h5-8,13H,1-4,9-12,14H2,(H,22,26)(H,24,25). The van der Waals surface area contributed by atoms with Gasteiger partial charge in [-0.05, 0) is 56.6 Å². The highest BCUT2D eigenvalue weighted by Crippen LogP contribution is 2.23. The second kappa shape index (κ2) is 9.32. The van der Waals surface area contributed by atoms with E-state index < -0.39 is 18.4 Å². The fourth-order valence-electron chi connectivity index (χ4n) is 3.33. The topological polar surface area (TPSA) is 91.8 Å². The lowest BCUT2D eigenvalue weighted by molar-refractivity contribution is -0.135. The van der Waals surface area contributed by atoms with Crippen LogP contribution in [0.4, 0.5) is 0 Å². The second-order valence-electron chi connectivity index (χ2n) is 6.72. The van der Waals surface area contributed by atoms with E-state index in [1.54, 1.807) is 12.1 Å². The third kappa shape index (κ3) is 5.40. The van der Waals surface area contributed by atoms with E-state index in [9.17, 15) is 9.59 Å². The first-order valence-corrected chi connectivity index (χ1v) is 9.37. The number of amides is 1. The van der Waals surface area contributed by atoms with Crippen LogP contribution in [-0.2, 0) is 4.79 Å². The number of likely N-dealkylation sites (tertiary alicyclic amines) is 1. The Morgan fingerprint density at radius 1 is 1.19 bits per heavy atom. The molecule has 2 heterocycles. The molecule has 7 heteroatoms. The quantitative estimate of drug-likeness (QED) is 0.692. The number of carbonyl (C=O) groups is 2. The molecule has 27 heavy (non-hydrogen) atoms. The number of nitrogens with zero attached hydrogens (tertiary/aromatic N) is 2. The molecule has 2 aromatic rings. The SMILES string of the molecule is O=C(O)CNC(=O)c1ccnc2ccc(OCCCN3CCCCC3)cc12. The summed E-state index contributed by atoms with van der Waals surface area (Å²) in [5, 5.41) is 11.8. The molecule has 2 N–H and O–H groups in total. The molecule has 1 aliphatic heterocycles. The molecule has 0 saturated carbocycles. The number of benzene rings is 1. The number of ether oxygens (including phenoxy) is 1. The first-order valence-electron chi connectivity index (χ1n) is 9.37. The van der Waals surface area contributed by atoms with Crippen molar-refractivity contribution in [3.05, 3.63) is 36.0 Å². The number of carboxylic acids is 1. The molecule has 0 aliphatic carbocycles. The molecule has 7 nitrogen and oxygen atoms in total. The Morgan fingerprint density at radius 2 is 2.00 bits per heavy atom. The van der Waals surface area contributed by atoms with Crippen molar-refractivity contribution in [3.63, 3.8) is 0 Å². The molecule has 0 unspecified atom stereocenters. The number of carbonyl (C=O) groups excluding carboxylic acids is 1. The van der Waals surface area contributed by atoms with Gasteiger partial charge in [0, 0.05) is 18.1 Å². The van der Waals surface area contributed by atoms with E-state index >= 15 is 0 Å². The van der Waals surface area contributed by atoms with E-state index in [1.165, 1.54) is 38.5 Å². The molecule has 1 aromatic carbocycles. The van der Waals surface area contributed by atoms with Gasteiger partial charge in [-0.3, -0.25) is 14.6 Å². The van der Waals surface area contributed by atoms with E-state index in [0.717, 1.165) is 13.0 Å². The van der Waals surface area contributed by atoms with Gasteiger partial charge in [0.15, 0.2) is 0 Å². The van der Waals surface area contributed by atoms with Crippen LogP contribution in [-0.4, -0.2) is 59.7 Å². The molecule has 1 aliphatic rings. The Morgan fingerprint density at radius 3 is 2.78 bits per heavy atom. The average molecular weight is 371 g/mol. The van der Waals surface area contributed by atoms with Gasteiger partial charge in [0.2, 0.25) is 0 Å². The van der Waals surface area contributed by atoms with Crippen molar-refractivity contribution in [2.24, 2.45) is 0 Å². The fourth-order valence-corrected chi connectivity index (χ4v) is 3.33. The molecule has 3 rings (SSSR count). The zero-order valence-electron chi connectivity index (χ0n) is 15.3. The molecule has 144 valence electrons. The number of piperidine rings is 1. The van der Waals surface area contributed by atoms with Crippen molar-refractivity contribution >= 4 is 22.8 Å². The first-order chi connectivity index (χ1) is 13.1. The van der Waals surface area contributed by atoms with Crippen LogP contribution in [0.5, 0.6) is 5.75 Å². The maximum Gasteiger partial charge on any atom is 0.322 e. The minimum Gasteiger partial charge on any atom is -0.494 e. The van der Waals surface area contributed by atoms with Gasteiger partial charge in [-0.2, -0.15) is 0 Å². The van der Waals surface area contributed by atoms with Crippen molar-refractivity contribution in [1.29, 1.82) is 0 Å². The summed E-state index contributed by atoms with van der Waals surface area (Å²) < 4.78 is 5.86. The van der Waals surface area contributed by atoms with Crippen molar-refractivity contribution in [2.45, 2.75) is 25.7 Å². The molecule has 1 saturated heterocycles. The van der Waals surface area contributed by atoms with Crippen LogP contribution >= 0.6 is 0 Å². The minimum atomic E-state index is -1.08. The van der Waals surface area contributed by atoms with E-state index in [0.29, 0.717) is 28.8 Å². The van der Waals surface area contributed by atoms with Crippen LogP contribution in [0.1, 0.15) is 36.0 Å². The van der Waals surface area contributed by atoms with E-state index in [1.807, 2.05) is 12.1 Å². The van der Waals surface area contributed by atoms with Crippen LogP contribution in [0, 0.1) is 0 Å². The first kappa shape index (κ1) is 19.1. The van der Waals surface area contributed by atoms with Crippen molar-refractivity contribution in [1.82, 2.24) is 15.2 Å². The van der Waals surface area contributed by atoms with Gasteiger partial charge in [0.1, 0.15) is 12.3 Å². The molecule has 0 radical (unpaired) electrons. The van der Waals surface area contributed by atoms with Crippen LogP contribution in [0.3, 0.4) is 0 Å². The van der Waals surface area contributed by atoms with Crippen LogP contribution in [0.15, 0.2) is 30.5 Å². The van der Waals surface area contributed by atoms with E-state index in [4.69, 9.17) is 9.84 Å². The Labute approximate surface area is 158 Å². The number of aromatic nitrogens is 1. The molecular formula is C20H25N3O4. The second-order valence-corrected chi connectivity index (χ2v) is 6.72. The smallest absolute Gasteiger partial charge is 0.322 e. The van der Waals surface area contributed by atoms with Gasteiger partial charge in [0.05, 0.1) is 17.7 Å². The number of rotatable bonds is 8. The molecule has 0 atom stereocenters. The molecule has 0 spiro atoms. The lowest BCUT2D eigenvalue weighted by atomic mass is 10.1. The Kier molecular flexibility index (Phi) is 6.59. The van der Waals surface area contributed by atoms with Gasteiger partial charge >= 0.3 is 5.97 Å². The summed E-state index contributed by atoms with van der Waals surface area (Å²) >= 11 is 0. The largest absolute Gasteiger partial charge is 0.494 e. The van der Waals surface area contributed by atoms with Crippen molar-refractivity contribution < 1.29 is 19.4 Å². The average Bonchev–Trinajstić information content (AvgIpc) is 2.69. The predicted octanol–water partition coefficient (Wildman–Crippen LogP) is 2.30. The zero-order valence-corrected chi connectivity index (χ0v) is 15.3. The van der Waals surface area contributed by atoms with E-state index in [2.05, 4.69) is 15.2 Å². The van der Waals surface area contributed by atoms with Crippen molar-refractivity contribution in [3.8, 4) is 5.75 Å². The van der Waals surface area contributed by atoms with Crippen LogP contribution < -0.4 is 10.1 Å². The molecule has 1 fully saturated rings. The number of nitrogens with one attached hydrogen (secondary N) is 1. The summed E-state index contributed by atoms with van der Waals surface area (Å²) in [6.45, 7) is 3.59. The number of aliphatic carboxylic acids is 1. The summed E-state index contributed by atoms with van der Waals surface area (Å²) in [6.07, 6.45) is 6.39. The highest BCUT2D eigenvalue weighted by Gasteiger charge is 2.13. The summed E-state index contributed by atoms with van der Waals surface area (Å²) in [6, 6.07) is 7.02. The third-order valence-electron chi connectivity index (χ3n) is 4.69. The molecular weight excluding hydrogens is 346 g/mol.